The number of phenolic OH excluding ortho intramolecular Hbond substituents is 1. The summed E-state index contributed by atoms with van der Waals surface area (Å²) in [6.07, 6.45) is 1.79. The second-order valence-electron chi connectivity index (χ2n) is 16.8. The normalized spacial score (nSPS) is 14.7. The van der Waals surface area contributed by atoms with Gasteiger partial charge in [0, 0.05) is 35.2 Å². The molecule has 7 aromatic carbocycles. The van der Waals surface area contributed by atoms with E-state index in [1.165, 1.54) is 6.07 Å². The van der Waals surface area contributed by atoms with Crippen molar-refractivity contribution in [1.29, 1.82) is 0 Å². The molecule has 0 aliphatic rings. The van der Waals surface area contributed by atoms with Crippen molar-refractivity contribution in [3.05, 3.63) is 193 Å². The molecule has 0 amide bonds. The van der Waals surface area contributed by atoms with Gasteiger partial charge in [0.1, 0.15) is 11.6 Å². The number of aromatic nitrogens is 3. The van der Waals surface area contributed by atoms with E-state index in [9.17, 15) is 5.11 Å². The van der Waals surface area contributed by atoms with Crippen LogP contribution in [-0.4, -0.2) is 19.6 Å². The van der Waals surface area contributed by atoms with E-state index >= 15 is 0 Å². The maximum atomic E-state index is 12.7. The van der Waals surface area contributed by atoms with Gasteiger partial charge in [-0.2, -0.15) is 0 Å². The van der Waals surface area contributed by atoms with E-state index in [1.807, 2.05) is 136 Å². The summed E-state index contributed by atoms with van der Waals surface area (Å²) < 4.78 is 80.4. The lowest BCUT2D eigenvalue weighted by atomic mass is 9.79. The molecule has 300 valence electrons. The molecule has 61 heavy (non-hydrogen) atoms. The highest BCUT2D eigenvalue weighted by Crippen LogP contribution is 2.45. The first-order valence-electron chi connectivity index (χ1n) is 24.9. The van der Waals surface area contributed by atoms with Crippen LogP contribution in [0.2, 0.25) is 0 Å². The van der Waals surface area contributed by atoms with E-state index in [0.29, 0.717) is 27.7 Å². The van der Waals surface area contributed by atoms with Crippen molar-refractivity contribution in [2.75, 3.05) is 0 Å². The number of para-hydroxylation sites is 1. The SMILES string of the molecule is [2H]C([2H])([2H])c1cc(-c2ccccc2)ccc1-n1c(-c2cc(C(C)(C)C)cc(C(C)(C([2H])([2H])[2H])C([2H])([2H])[2H])c2O)nc2c(-c3cc(-c4ccccc4)cc(-c4cc(-c5ccccc5)ccn4)c3)cccc21. The van der Waals surface area contributed by atoms with E-state index in [-0.39, 0.29) is 28.2 Å². The zero-order valence-corrected chi connectivity index (χ0v) is 34.5. The molecule has 0 atom stereocenters. The second kappa shape index (κ2) is 15.5. The lowest BCUT2D eigenvalue weighted by molar-refractivity contribution is 0.446. The van der Waals surface area contributed by atoms with Crippen molar-refractivity contribution in [2.24, 2.45) is 0 Å². The Balaban J connectivity index is 1.39. The molecule has 0 saturated heterocycles. The quantitative estimate of drug-likeness (QED) is 0.175. The summed E-state index contributed by atoms with van der Waals surface area (Å²) in [5.74, 6) is -0.504. The number of pyridine rings is 1. The Bertz CT molecular complexity index is 3380. The standard InChI is InChI=1S/C57H51N3O/c1-37-30-41(38-18-11-8-12-19-38)26-27-51(37)60-52-25-17-24-47(53(52)59-55(60)48-35-46(56(2,3)4)36-49(54(48)61)57(5,6)7)44-31-43(40-22-15-10-16-23-40)32-45(33-44)50-34-42(28-29-58-50)39-20-13-9-14-21-39/h8-36,61H,1-7H3/i1D3,5D3,6D3. The minimum absolute atomic E-state index is 0.000879. The molecule has 2 aromatic heterocycles. The van der Waals surface area contributed by atoms with Gasteiger partial charge in [-0.25, -0.2) is 4.98 Å². The van der Waals surface area contributed by atoms with Crippen LogP contribution in [0.4, 0.5) is 0 Å². The number of benzene rings is 7. The highest BCUT2D eigenvalue weighted by Gasteiger charge is 2.29. The van der Waals surface area contributed by atoms with E-state index < -0.39 is 37.1 Å². The Morgan fingerprint density at radius 1 is 0.525 bits per heavy atom. The third-order valence-electron chi connectivity index (χ3n) is 11.3. The van der Waals surface area contributed by atoms with E-state index in [2.05, 4.69) is 30.3 Å². The number of hydrogen-bond donors (Lipinski definition) is 1. The molecular formula is C57H51N3O. The van der Waals surface area contributed by atoms with E-state index in [1.54, 1.807) is 29.0 Å². The molecule has 1 N–H and O–H groups in total. The summed E-state index contributed by atoms with van der Waals surface area (Å²) in [5, 5.41) is 12.7. The molecule has 0 radical (unpaired) electrons. The minimum Gasteiger partial charge on any atom is -0.507 e. The molecule has 9 aromatic rings. The predicted octanol–water partition coefficient (Wildman–Crippen LogP) is 15.0. The third-order valence-corrected chi connectivity index (χ3v) is 11.3. The van der Waals surface area contributed by atoms with Gasteiger partial charge in [-0.15, -0.1) is 0 Å². The summed E-state index contributed by atoms with van der Waals surface area (Å²) in [4.78, 5) is 10.2. The molecule has 2 heterocycles. The first-order chi connectivity index (χ1) is 33.0. The number of phenols is 1. The number of nitrogens with zero attached hydrogens (tertiary/aromatic N) is 3. The van der Waals surface area contributed by atoms with Crippen molar-refractivity contribution in [3.8, 4) is 78.6 Å². The summed E-state index contributed by atoms with van der Waals surface area (Å²) >= 11 is 0. The molecule has 4 nitrogen and oxygen atoms in total. The summed E-state index contributed by atoms with van der Waals surface area (Å²) in [6.45, 7) is -2.00. The van der Waals surface area contributed by atoms with E-state index in [0.717, 1.165) is 51.6 Å². The Kier molecular flexibility index (Phi) is 7.65. The Hall–Kier alpha value is -7.04. The van der Waals surface area contributed by atoms with Gasteiger partial charge < -0.3 is 5.11 Å². The molecule has 9 rings (SSSR count). The van der Waals surface area contributed by atoms with Crippen molar-refractivity contribution in [1.82, 2.24) is 14.5 Å². The average molecular weight is 803 g/mol. The number of aromatic hydroxyl groups is 1. The van der Waals surface area contributed by atoms with Gasteiger partial charge in [-0.3, -0.25) is 9.55 Å². The Morgan fingerprint density at radius 2 is 1.15 bits per heavy atom. The number of imidazole rings is 1. The molecule has 0 aliphatic heterocycles. The van der Waals surface area contributed by atoms with Crippen molar-refractivity contribution in [3.63, 3.8) is 0 Å². The second-order valence-corrected chi connectivity index (χ2v) is 16.8. The molecule has 0 unspecified atom stereocenters. The highest BCUT2D eigenvalue weighted by molar-refractivity contribution is 5.98. The zero-order valence-electron chi connectivity index (χ0n) is 43.5. The number of rotatable bonds is 7. The fourth-order valence-electron chi connectivity index (χ4n) is 8.04. The summed E-state index contributed by atoms with van der Waals surface area (Å²) in [6, 6.07) is 53.8. The van der Waals surface area contributed by atoms with Crippen LogP contribution in [0.5, 0.6) is 5.75 Å². The molecule has 0 saturated carbocycles. The maximum Gasteiger partial charge on any atom is 0.149 e. The first kappa shape index (κ1) is 30.1. The fourth-order valence-corrected chi connectivity index (χ4v) is 8.04. The number of hydrogen-bond acceptors (Lipinski definition) is 3. The van der Waals surface area contributed by atoms with Crippen molar-refractivity contribution >= 4 is 11.0 Å². The van der Waals surface area contributed by atoms with Crippen LogP contribution < -0.4 is 0 Å². The van der Waals surface area contributed by atoms with Crippen LogP contribution in [-0.2, 0) is 10.8 Å². The Morgan fingerprint density at radius 3 is 1.79 bits per heavy atom. The van der Waals surface area contributed by atoms with Gasteiger partial charge in [0.2, 0.25) is 0 Å². The van der Waals surface area contributed by atoms with Gasteiger partial charge >= 0.3 is 0 Å². The van der Waals surface area contributed by atoms with Crippen LogP contribution in [0.25, 0.3) is 83.9 Å². The first-order valence-corrected chi connectivity index (χ1v) is 20.4. The van der Waals surface area contributed by atoms with Gasteiger partial charge in [0.15, 0.2) is 0 Å². The fraction of sp³-hybridized carbons (Fsp3) is 0.158. The van der Waals surface area contributed by atoms with Crippen molar-refractivity contribution < 1.29 is 17.4 Å². The smallest absolute Gasteiger partial charge is 0.149 e. The van der Waals surface area contributed by atoms with E-state index in [4.69, 9.17) is 22.3 Å². The lowest BCUT2D eigenvalue weighted by Crippen LogP contribution is -2.17. The van der Waals surface area contributed by atoms with Crippen LogP contribution in [0.3, 0.4) is 0 Å². The van der Waals surface area contributed by atoms with Crippen LogP contribution >= 0.6 is 0 Å². The summed E-state index contributed by atoms with van der Waals surface area (Å²) in [7, 11) is 0. The van der Waals surface area contributed by atoms with Gasteiger partial charge in [-0.1, -0.05) is 157 Å². The number of aryl methyl sites for hydroxylation is 1. The van der Waals surface area contributed by atoms with Crippen molar-refractivity contribution in [2.45, 2.75) is 59.1 Å². The minimum atomic E-state index is -3.10. The topological polar surface area (TPSA) is 50.9 Å². The Labute approximate surface area is 372 Å². The molecular weight excluding hydrogens is 743 g/mol. The zero-order chi connectivity index (χ0) is 50.0. The van der Waals surface area contributed by atoms with Gasteiger partial charge in [0.05, 0.1) is 28.0 Å². The van der Waals surface area contributed by atoms with Crippen LogP contribution in [0.1, 0.15) is 70.4 Å². The monoisotopic (exact) mass is 802 g/mol. The average Bonchev–Trinajstić information content (AvgIpc) is 3.72. The molecule has 0 bridgehead atoms. The molecule has 0 aliphatic carbocycles. The summed E-state index contributed by atoms with van der Waals surface area (Å²) in [5.41, 5.74) is 6.63. The predicted molar refractivity (Wildman–Crippen MR) is 255 cm³/mol. The highest BCUT2D eigenvalue weighted by atomic mass is 16.3. The lowest BCUT2D eigenvalue weighted by Gasteiger charge is -2.27. The van der Waals surface area contributed by atoms with Gasteiger partial charge in [0.25, 0.3) is 0 Å². The van der Waals surface area contributed by atoms with Crippen LogP contribution in [0.15, 0.2) is 176 Å². The number of fused-ring (bicyclic) bond motifs is 1. The molecule has 0 spiro atoms. The van der Waals surface area contributed by atoms with Crippen LogP contribution in [0, 0.1) is 6.85 Å². The molecule has 4 heteroatoms. The largest absolute Gasteiger partial charge is 0.507 e. The maximum absolute atomic E-state index is 12.7. The van der Waals surface area contributed by atoms with Gasteiger partial charge in [-0.05, 0) is 122 Å². The molecule has 0 fully saturated rings. The third kappa shape index (κ3) is 7.66.